The third kappa shape index (κ3) is 3.45. The van der Waals surface area contributed by atoms with Crippen LogP contribution >= 0.6 is 15.9 Å². The molecule has 0 bridgehead atoms. The van der Waals surface area contributed by atoms with Crippen molar-refractivity contribution >= 4 is 26.8 Å². The van der Waals surface area contributed by atoms with E-state index in [0.717, 1.165) is 4.47 Å². The lowest BCUT2D eigenvalue weighted by molar-refractivity contribution is 0.569. The molecule has 98 valence electrons. The molecule has 0 N–H and O–H groups in total. The van der Waals surface area contributed by atoms with Gasteiger partial charge in [-0.2, -0.15) is 0 Å². The van der Waals surface area contributed by atoms with Crippen molar-refractivity contribution in [2.24, 2.45) is 5.41 Å². The first-order chi connectivity index (χ1) is 8.87. The molecule has 19 heavy (non-hydrogen) atoms. The van der Waals surface area contributed by atoms with Gasteiger partial charge < -0.3 is 0 Å². The zero-order valence-electron chi connectivity index (χ0n) is 11.2. The van der Waals surface area contributed by atoms with E-state index in [4.69, 9.17) is 0 Å². The number of nitrogens with zero attached hydrogens (tertiary/aromatic N) is 2. The molecule has 0 saturated heterocycles. The van der Waals surface area contributed by atoms with Gasteiger partial charge in [-0.3, -0.25) is 9.36 Å². The van der Waals surface area contributed by atoms with Gasteiger partial charge in [0.2, 0.25) is 0 Å². The first-order valence-corrected chi connectivity index (χ1v) is 6.81. The standard InChI is InChI=1S/C15H15BrN2O/c1-15(2,3)7-4-8-18-10-17-13-9-11(16)5-6-12(13)14(18)19/h5-6,9-10H,8H2,1-3H3. The summed E-state index contributed by atoms with van der Waals surface area (Å²) in [6, 6.07) is 5.46. The molecule has 2 rings (SSSR count). The molecule has 0 aliphatic heterocycles. The Kier molecular flexibility index (Phi) is 3.77. The normalized spacial score (nSPS) is 11.2. The summed E-state index contributed by atoms with van der Waals surface area (Å²) >= 11 is 3.37. The van der Waals surface area contributed by atoms with E-state index in [-0.39, 0.29) is 11.0 Å². The van der Waals surface area contributed by atoms with Crippen molar-refractivity contribution < 1.29 is 0 Å². The van der Waals surface area contributed by atoms with Crippen LogP contribution in [0.15, 0.2) is 33.8 Å². The van der Waals surface area contributed by atoms with Gasteiger partial charge in [-0.05, 0) is 39.0 Å². The second kappa shape index (κ2) is 5.18. The number of hydrogen-bond donors (Lipinski definition) is 0. The van der Waals surface area contributed by atoms with E-state index in [1.807, 2.05) is 32.9 Å². The highest BCUT2D eigenvalue weighted by atomic mass is 79.9. The third-order valence-electron chi connectivity index (χ3n) is 2.50. The number of hydrogen-bond acceptors (Lipinski definition) is 2. The van der Waals surface area contributed by atoms with Crippen molar-refractivity contribution in [3.63, 3.8) is 0 Å². The van der Waals surface area contributed by atoms with Crippen molar-refractivity contribution in [3.05, 3.63) is 39.4 Å². The molecule has 0 fully saturated rings. The van der Waals surface area contributed by atoms with Gasteiger partial charge in [-0.15, -0.1) is 0 Å². The van der Waals surface area contributed by atoms with E-state index >= 15 is 0 Å². The topological polar surface area (TPSA) is 34.9 Å². The average molecular weight is 319 g/mol. The predicted molar refractivity (Wildman–Crippen MR) is 80.9 cm³/mol. The van der Waals surface area contributed by atoms with E-state index in [1.165, 1.54) is 4.57 Å². The molecule has 0 aliphatic rings. The van der Waals surface area contributed by atoms with E-state index in [0.29, 0.717) is 17.4 Å². The molecular weight excluding hydrogens is 304 g/mol. The van der Waals surface area contributed by atoms with Crippen LogP contribution in [-0.2, 0) is 6.54 Å². The first-order valence-electron chi connectivity index (χ1n) is 6.01. The van der Waals surface area contributed by atoms with Crippen LogP contribution in [0, 0.1) is 17.3 Å². The second-order valence-corrected chi connectivity index (χ2v) is 6.31. The van der Waals surface area contributed by atoms with Crippen molar-refractivity contribution in [2.75, 3.05) is 0 Å². The van der Waals surface area contributed by atoms with Crippen LogP contribution < -0.4 is 5.56 Å². The smallest absolute Gasteiger partial charge is 0.262 e. The van der Waals surface area contributed by atoms with Gasteiger partial charge in [0, 0.05) is 9.89 Å². The van der Waals surface area contributed by atoms with Gasteiger partial charge >= 0.3 is 0 Å². The Balaban J connectivity index is 2.40. The van der Waals surface area contributed by atoms with Crippen LogP contribution in [-0.4, -0.2) is 9.55 Å². The molecule has 0 saturated carbocycles. The summed E-state index contributed by atoms with van der Waals surface area (Å²) in [5, 5.41) is 0.614. The molecule has 0 amide bonds. The molecule has 0 spiro atoms. The fourth-order valence-corrected chi connectivity index (χ4v) is 1.98. The van der Waals surface area contributed by atoms with Crippen molar-refractivity contribution in [3.8, 4) is 11.8 Å². The lowest BCUT2D eigenvalue weighted by atomic mass is 9.98. The summed E-state index contributed by atoms with van der Waals surface area (Å²) in [6.45, 7) is 6.49. The van der Waals surface area contributed by atoms with Gasteiger partial charge in [0.1, 0.15) is 0 Å². The van der Waals surface area contributed by atoms with Crippen molar-refractivity contribution in [1.82, 2.24) is 9.55 Å². The van der Waals surface area contributed by atoms with Crippen molar-refractivity contribution in [2.45, 2.75) is 27.3 Å². The first kappa shape index (κ1) is 13.8. The van der Waals surface area contributed by atoms with Crippen LogP contribution in [0.2, 0.25) is 0 Å². The van der Waals surface area contributed by atoms with Crippen LogP contribution in [0.4, 0.5) is 0 Å². The van der Waals surface area contributed by atoms with Gasteiger partial charge in [-0.25, -0.2) is 4.98 Å². The van der Waals surface area contributed by atoms with Gasteiger partial charge in [0.25, 0.3) is 5.56 Å². The Morgan fingerprint density at radius 1 is 1.37 bits per heavy atom. The number of aromatic nitrogens is 2. The molecule has 0 aliphatic carbocycles. The Morgan fingerprint density at radius 3 is 2.79 bits per heavy atom. The Labute approximate surface area is 120 Å². The highest BCUT2D eigenvalue weighted by Crippen LogP contribution is 2.14. The molecule has 0 unspecified atom stereocenters. The molecule has 2 aromatic rings. The summed E-state index contributed by atoms with van der Waals surface area (Å²) in [5.41, 5.74) is 0.582. The minimum Gasteiger partial charge on any atom is -0.287 e. The number of halogens is 1. The zero-order chi connectivity index (χ0) is 14.0. The highest BCUT2D eigenvalue weighted by molar-refractivity contribution is 9.10. The number of benzene rings is 1. The van der Waals surface area contributed by atoms with E-state index in [1.54, 1.807) is 12.4 Å². The lowest BCUT2D eigenvalue weighted by Crippen LogP contribution is -2.20. The van der Waals surface area contributed by atoms with Crippen LogP contribution in [0.3, 0.4) is 0 Å². The van der Waals surface area contributed by atoms with Gasteiger partial charge in [-0.1, -0.05) is 27.8 Å². The molecule has 3 nitrogen and oxygen atoms in total. The summed E-state index contributed by atoms with van der Waals surface area (Å²) in [5.74, 6) is 6.13. The molecule has 1 aromatic heterocycles. The van der Waals surface area contributed by atoms with E-state index in [2.05, 4.69) is 32.8 Å². The lowest BCUT2D eigenvalue weighted by Gasteiger charge is -2.07. The summed E-state index contributed by atoms with van der Waals surface area (Å²) in [4.78, 5) is 16.5. The third-order valence-corrected chi connectivity index (χ3v) is 2.99. The minimum atomic E-state index is -0.0568. The number of rotatable bonds is 1. The van der Waals surface area contributed by atoms with Gasteiger partial charge in [0.05, 0.1) is 23.8 Å². The Morgan fingerprint density at radius 2 is 2.11 bits per heavy atom. The predicted octanol–water partition coefficient (Wildman–Crippen LogP) is 3.21. The largest absolute Gasteiger partial charge is 0.287 e. The van der Waals surface area contributed by atoms with Crippen LogP contribution in [0.1, 0.15) is 20.8 Å². The van der Waals surface area contributed by atoms with Crippen LogP contribution in [0.5, 0.6) is 0 Å². The fraction of sp³-hybridized carbons (Fsp3) is 0.333. The maximum Gasteiger partial charge on any atom is 0.262 e. The molecular formula is C15H15BrN2O. The Hall–Kier alpha value is -1.60. The maximum atomic E-state index is 12.2. The Bertz CT molecular complexity index is 730. The van der Waals surface area contributed by atoms with Crippen LogP contribution in [0.25, 0.3) is 10.9 Å². The highest BCUT2D eigenvalue weighted by Gasteiger charge is 2.05. The molecule has 1 heterocycles. The zero-order valence-corrected chi connectivity index (χ0v) is 12.8. The SMILES string of the molecule is CC(C)(C)C#CCn1cnc2cc(Br)ccc2c1=O. The molecule has 0 radical (unpaired) electrons. The second-order valence-electron chi connectivity index (χ2n) is 5.39. The molecule has 0 atom stereocenters. The van der Waals surface area contributed by atoms with Gasteiger partial charge in [0.15, 0.2) is 0 Å². The quantitative estimate of drug-likeness (QED) is 0.757. The summed E-state index contributed by atoms with van der Waals surface area (Å²) < 4.78 is 2.45. The monoisotopic (exact) mass is 318 g/mol. The summed E-state index contributed by atoms with van der Waals surface area (Å²) in [7, 11) is 0. The van der Waals surface area contributed by atoms with E-state index in [9.17, 15) is 4.79 Å². The average Bonchev–Trinajstić information content (AvgIpc) is 2.30. The number of fused-ring (bicyclic) bond motifs is 1. The molecule has 1 aromatic carbocycles. The molecule has 4 heteroatoms. The minimum absolute atomic E-state index is 0.0549. The van der Waals surface area contributed by atoms with Crippen molar-refractivity contribution in [1.29, 1.82) is 0 Å². The summed E-state index contributed by atoms with van der Waals surface area (Å²) in [6.07, 6.45) is 1.55. The fourth-order valence-electron chi connectivity index (χ4n) is 1.63. The van der Waals surface area contributed by atoms with E-state index < -0.39 is 0 Å². The maximum absolute atomic E-state index is 12.2.